The van der Waals surface area contributed by atoms with Crippen LogP contribution in [0, 0.1) is 0 Å². The van der Waals surface area contributed by atoms with Gasteiger partial charge in [0.2, 0.25) is 0 Å². The number of pyridine rings is 1. The van der Waals surface area contributed by atoms with Gasteiger partial charge in [0, 0.05) is 25.5 Å². The molecule has 1 heterocycles. The Labute approximate surface area is 142 Å². The standard InChI is InChI=1S/C16H19ClN2O2.ClH/c1-3-21-16-14(17)8-13(9-15(16)20-2)11-19-10-12-4-6-18-7-5-12;/h4-9,19H,3,10-11H2,1-2H3;1H/p-1. The zero-order valence-corrected chi connectivity index (χ0v) is 14.1. The van der Waals surface area contributed by atoms with E-state index in [1.165, 1.54) is 5.56 Å². The molecule has 2 aromatic rings. The normalized spacial score (nSPS) is 9.95. The van der Waals surface area contributed by atoms with Crippen LogP contribution in [0.3, 0.4) is 0 Å². The first-order chi connectivity index (χ1) is 10.2. The van der Waals surface area contributed by atoms with Crippen LogP contribution in [0.2, 0.25) is 5.02 Å². The minimum absolute atomic E-state index is 0. The number of aromatic nitrogens is 1. The van der Waals surface area contributed by atoms with E-state index in [9.17, 15) is 0 Å². The molecule has 1 aromatic carbocycles. The van der Waals surface area contributed by atoms with Crippen molar-refractivity contribution in [2.24, 2.45) is 0 Å². The van der Waals surface area contributed by atoms with Gasteiger partial charge in [-0.3, -0.25) is 4.98 Å². The van der Waals surface area contributed by atoms with Crippen molar-refractivity contribution in [1.29, 1.82) is 0 Å². The third kappa shape index (κ3) is 5.05. The molecule has 0 saturated heterocycles. The molecule has 0 radical (unpaired) electrons. The molecule has 0 amide bonds. The molecule has 4 nitrogen and oxygen atoms in total. The van der Waals surface area contributed by atoms with Crippen LogP contribution in [0.25, 0.3) is 0 Å². The number of ether oxygens (including phenoxy) is 2. The van der Waals surface area contributed by atoms with Gasteiger partial charge in [-0.25, -0.2) is 0 Å². The smallest absolute Gasteiger partial charge is 0.179 e. The van der Waals surface area contributed by atoms with Crippen LogP contribution < -0.4 is 27.2 Å². The Morgan fingerprint density at radius 2 is 1.82 bits per heavy atom. The summed E-state index contributed by atoms with van der Waals surface area (Å²) in [6.45, 7) is 3.94. The number of benzene rings is 1. The van der Waals surface area contributed by atoms with Gasteiger partial charge in [-0.2, -0.15) is 0 Å². The summed E-state index contributed by atoms with van der Waals surface area (Å²) in [7, 11) is 1.61. The molecule has 22 heavy (non-hydrogen) atoms. The highest BCUT2D eigenvalue weighted by atomic mass is 35.5. The predicted octanol–water partition coefficient (Wildman–Crippen LogP) is 0.436. The fourth-order valence-corrected chi connectivity index (χ4v) is 2.30. The van der Waals surface area contributed by atoms with E-state index < -0.39 is 0 Å². The summed E-state index contributed by atoms with van der Waals surface area (Å²) in [4.78, 5) is 4.00. The van der Waals surface area contributed by atoms with Crippen molar-refractivity contribution >= 4 is 11.6 Å². The van der Waals surface area contributed by atoms with Gasteiger partial charge in [-0.1, -0.05) is 11.6 Å². The van der Waals surface area contributed by atoms with Gasteiger partial charge in [0.1, 0.15) is 0 Å². The van der Waals surface area contributed by atoms with Crippen LogP contribution in [0.15, 0.2) is 36.7 Å². The zero-order chi connectivity index (χ0) is 15.1. The van der Waals surface area contributed by atoms with Crippen molar-refractivity contribution in [3.8, 4) is 11.5 Å². The molecule has 6 heteroatoms. The Morgan fingerprint density at radius 1 is 1.14 bits per heavy atom. The highest BCUT2D eigenvalue weighted by molar-refractivity contribution is 6.32. The molecule has 0 aliphatic rings. The molecule has 0 bridgehead atoms. The highest BCUT2D eigenvalue weighted by Gasteiger charge is 2.11. The molecule has 0 saturated carbocycles. The van der Waals surface area contributed by atoms with E-state index in [1.807, 2.05) is 31.2 Å². The highest BCUT2D eigenvalue weighted by Crippen LogP contribution is 2.36. The second kappa shape index (κ2) is 9.51. The van der Waals surface area contributed by atoms with Crippen LogP contribution in [-0.2, 0) is 13.1 Å². The number of hydrogen-bond acceptors (Lipinski definition) is 4. The first-order valence-corrected chi connectivity index (χ1v) is 7.21. The SMILES string of the molecule is CCOc1c(Cl)cc(CNCc2ccncc2)cc1OC.[Cl-]. The Balaban J connectivity index is 0.00000242. The second-order valence-corrected chi connectivity index (χ2v) is 4.91. The van der Waals surface area contributed by atoms with Gasteiger partial charge >= 0.3 is 0 Å². The third-order valence-electron chi connectivity index (χ3n) is 2.99. The predicted molar refractivity (Wildman–Crippen MR) is 84.0 cm³/mol. The van der Waals surface area contributed by atoms with Gasteiger partial charge in [0.25, 0.3) is 0 Å². The fourth-order valence-electron chi connectivity index (χ4n) is 2.01. The van der Waals surface area contributed by atoms with E-state index in [2.05, 4.69) is 10.3 Å². The molecule has 1 aromatic heterocycles. The number of nitrogens with one attached hydrogen (secondary N) is 1. The van der Waals surface area contributed by atoms with Gasteiger partial charge < -0.3 is 27.2 Å². The molecule has 2 rings (SSSR count). The van der Waals surface area contributed by atoms with Crippen molar-refractivity contribution in [3.63, 3.8) is 0 Å². The average molecular weight is 342 g/mol. The summed E-state index contributed by atoms with van der Waals surface area (Å²) in [5.74, 6) is 1.25. The van der Waals surface area contributed by atoms with Crippen LogP contribution >= 0.6 is 11.6 Å². The zero-order valence-electron chi connectivity index (χ0n) is 12.6. The Kier molecular flexibility index (Phi) is 8.02. The average Bonchev–Trinajstić information content (AvgIpc) is 2.51. The molecule has 0 spiro atoms. The number of halogens is 2. The third-order valence-corrected chi connectivity index (χ3v) is 3.27. The molecule has 120 valence electrons. The van der Waals surface area contributed by atoms with E-state index in [0.29, 0.717) is 29.7 Å². The lowest BCUT2D eigenvalue weighted by Crippen LogP contribution is -3.00. The summed E-state index contributed by atoms with van der Waals surface area (Å²) >= 11 is 6.25. The van der Waals surface area contributed by atoms with E-state index >= 15 is 0 Å². The molecular formula is C16H19Cl2N2O2-. The molecule has 0 aliphatic heterocycles. The molecule has 0 fully saturated rings. The lowest BCUT2D eigenvalue weighted by atomic mass is 10.2. The lowest BCUT2D eigenvalue weighted by Gasteiger charge is -2.13. The maximum Gasteiger partial charge on any atom is 0.179 e. The van der Waals surface area contributed by atoms with Crippen LogP contribution in [0.4, 0.5) is 0 Å². The first-order valence-electron chi connectivity index (χ1n) is 6.83. The summed E-state index contributed by atoms with van der Waals surface area (Å²) in [6, 6.07) is 7.81. The topological polar surface area (TPSA) is 43.4 Å². The van der Waals surface area contributed by atoms with Crippen LogP contribution in [0.5, 0.6) is 11.5 Å². The molecule has 0 unspecified atom stereocenters. The number of rotatable bonds is 7. The summed E-state index contributed by atoms with van der Waals surface area (Å²) < 4.78 is 10.8. The Morgan fingerprint density at radius 3 is 2.45 bits per heavy atom. The Bertz CT molecular complexity index is 580. The van der Waals surface area contributed by atoms with E-state index in [1.54, 1.807) is 19.5 Å². The van der Waals surface area contributed by atoms with Crippen molar-refractivity contribution in [1.82, 2.24) is 10.3 Å². The van der Waals surface area contributed by atoms with Crippen molar-refractivity contribution in [3.05, 3.63) is 52.8 Å². The first kappa shape index (κ1) is 18.6. The summed E-state index contributed by atoms with van der Waals surface area (Å²) in [5.41, 5.74) is 2.24. The molecule has 0 aliphatic carbocycles. The second-order valence-electron chi connectivity index (χ2n) is 4.50. The van der Waals surface area contributed by atoms with E-state index in [0.717, 1.165) is 12.1 Å². The van der Waals surface area contributed by atoms with E-state index in [-0.39, 0.29) is 12.4 Å². The van der Waals surface area contributed by atoms with E-state index in [4.69, 9.17) is 21.1 Å². The fraction of sp³-hybridized carbons (Fsp3) is 0.312. The maximum atomic E-state index is 6.25. The molecule has 0 atom stereocenters. The quantitative estimate of drug-likeness (QED) is 0.793. The monoisotopic (exact) mass is 341 g/mol. The van der Waals surface area contributed by atoms with Crippen molar-refractivity contribution in [2.75, 3.05) is 13.7 Å². The number of nitrogens with zero attached hydrogens (tertiary/aromatic N) is 1. The molecular weight excluding hydrogens is 323 g/mol. The molecule has 1 N–H and O–H groups in total. The van der Waals surface area contributed by atoms with Gasteiger partial charge in [0.05, 0.1) is 18.7 Å². The Hall–Kier alpha value is -1.49. The number of methoxy groups -OCH3 is 1. The number of hydrogen-bond donors (Lipinski definition) is 1. The lowest BCUT2D eigenvalue weighted by molar-refractivity contribution is -0.00000504. The summed E-state index contributed by atoms with van der Waals surface area (Å²) in [5, 5.41) is 3.93. The van der Waals surface area contributed by atoms with Gasteiger partial charge in [0.15, 0.2) is 11.5 Å². The maximum absolute atomic E-state index is 6.25. The van der Waals surface area contributed by atoms with Crippen LogP contribution in [-0.4, -0.2) is 18.7 Å². The van der Waals surface area contributed by atoms with Crippen LogP contribution in [0.1, 0.15) is 18.1 Å². The van der Waals surface area contributed by atoms with Crippen molar-refractivity contribution in [2.45, 2.75) is 20.0 Å². The minimum Gasteiger partial charge on any atom is -1.00 e. The summed E-state index contributed by atoms with van der Waals surface area (Å²) in [6.07, 6.45) is 3.57. The minimum atomic E-state index is 0. The van der Waals surface area contributed by atoms with Gasteiger partial charge in [-0.05, 0) is 42.3 Å². The van der Waals surface area contributed by atoms with Gasteiger partial charge in [-0.15, -0.1) is 0 Å². The largest absolute Gasteiger partial charge is 1.00 e. The van der Waals surface area contributed by atoms with Crippen molar-refractivity contribution < 1.29 is 21.9 Å².